The first-order chi connectivity index (χ1) is 10.3. The Morgan fingerprint density at radius 2 is 2.14 bits per heavy atom. The van der Waals surface area contributed by atoms with Crippen LogP contribution in [-0.2, 0) is 14.8 Å². The Labute approximate surface area is 134 Å². The molecule has 2 unspecified atom stereocenters. The molecule has 6 nitrogen and oxygen atoms in total. The summed E-state index contributed by atoms with van der Waals surface area (Å²) in [6, 6.07) is 6.50. The molecule has 0 aliphatic carbocycles. The highest BCUT2D eigenvalue weighted by Gasteiger charge is 2.29. The van der Waals surface area contributed by atoms with Gasteiger partial charge in [0.15, 0.2) is 5.12 Å². The fourth-order valence-electron chi connectivity index (χ4n) is 2.31. The lowest BCUT2D eigenvalue weighted by atomic mass is 10.0. The summed E-state index contributed by atoms with van der Waals surface area (Å²) in [4.78, 5) is 10.9. The van der Waals surface area contributed by atoms with Gasteiger partial charge < -0.3 is 10.2 Å². The maximum atomic E-state index is 11.9. The number of hydrogen-bond donors (Lipinski definition) is 2. The molecule has 2 N–H and O–H groups in total. The molecule has 8 heteroatoms. The highest BCUT2D eigenvalue weighted by atomic mass is 32.2. The molecule has 1 saturated heterocycles. The molecule has 122 valence electrons. The van der Waals surface area contributed by atoms with Gasteiger partial charge in [-0.3, -0.25) is 9.10 Å². The van der Waals surface area contributed by atoms with Crippen LogP contribution in [0.1, 0.15) is 25.0 Å². The van der Waals surface area contributed by atoms with Crippen LogP contribution in [0, 0.1) is 0 Å². The van der Waals surface area contributed by atoms with E-state index in [0.717, 1.165) is 11.8 Å². The number of sulfonamides is 1. The molecular formula is C14H19NO5S2. The quantitative estimate of drug-likeness (QED) is 0.823. The number of aliphatic hydroxyl groups is 2. The van der Waals surface area contributed by atoms with E-state index in [-0.39, 0.29) is 16.6 Å². The lowest BCUT2D eigenvalue weighted by Crippen LogP contribution is -2.26. The molecule has 1 aromatic rings. The van der Waals surface area contributed by atoms with Gasteiger partial charge >= 0.3 is 0 Å². The largest absolute Gasteiger partial charge is 0.389 e. The van der Waals surface area contributed by atoms with Crippen LogP contribution in [0.4, 0.5) is 5.69 Å². The van der Waals surface area contributed by atoms with Gasteiger partial charge in [-0.15, -0.1) is 0 Å². The first kappa shape index (κ1) is 17.3. The number of thioether (sulfide) groups is 1. The maximum Gasteiger partial charge on any atom is 0.235 e. The first-order valence-corrected chi connectivity index (χ1v) is 9.50. The van der Waals surface area contributed by atoms with Crippen LogP contribution in [0.15, 0.2) is 24.3 Å². The normalized spacial score (nSPS) is 19.9. The van der Waals surface area contributed by atoms with Crippen molar-refractivity contribution < 1.29 is 23.4 Å². The monoisotopic (exact) mass is 345 g/mol. The van der Waals surface area contributed by atoms with Crippen molar-refractivity contribution in [2.75, 3.05) is 22.4 Å². The van der Waals surface area contributed by atoms with Crippen LogP contribution >= 0.6 is 11.8 Å². The summed E-state index contributed by atoms with van der Waals surface area (Å²) >= 11 is 0.936. The van der Waals surface area contributed by atoms with E-state index in [1.807, 2.05) is 0 Å². The summed E-state index contributed by atoms with van der Waals surface area (Å²) in [5, 5.41) is 19.9. The van der Waals surface area contributed by atoms with E-state index in [1.165, 1.54) is 11.2 Å². The number of benzene rings is 1. The lowest BCUT2D eigenvalue weighted by molar-refractivity contribution is -0.109. The van der Waals surface area contributed by atoms with Crippen molar-refractivity contribution in [3.05, 3.63) is 29.8 Å². The molecule has 1 fully saturated rings. The van der Waals surface area contributed by atoms with Gasteiger partial charge in [0.25, 0.3) is 0 Å². The second-order valence-electron chi connectivity index (χ2n) is 5.15. The van der Waals surface area contributed by atoms with Crippen LogP contribution in [0.5, 0.6) is 0 Å². The summed E-state index contributed by atoms with van der Waals surface area (Å²) in [6.45, 7) is 1.81. The molecule has 0 bridgehead atoms. The molecule has 0 spiro atoms. The zero-order valence-corrected chi connectivity index (χ0v) is 13.8. The SMILES string of the molecule is CC(=O)SCC(O)C(O)c1cccc(N2CCCS2(=O)=O)c1. The second-order valence-corrected chi connectivity index (χ2v) is 8.36. The van der Waals surface area contributed by atoms with Gasteiger partial charge in [0.2, 0.25) is 10.0 Å². The number of rotatable bonds is 5. The predicted molar refractivity (Wildman–Crippen MR) is 86.3 cm³/mol. The Morgan fingerprint density at radius 3 is 2.73 bits per heavy atom. The number of hydrogen-bond acceptors (Lipinski definition) is 6. The summed E-state index contributed by atoms with van der Waals surface area (Å²) in [5.74, 6) is 0.209. The van der Waals surface area contributed by atoms with E-state index in [9.17, 15) is 23.4 Å². The highest BCUT2D eigenvalue weighted by Crippen LogP contribution is 2.28. The molecule has 22 heavy (non-hydrogen) atoms. The zero-order chi connectivity index (χ0) is 16.3. The van der Waals surface area contributed by atoms with E-state index in [1.54, 1.807) is 24.3 Å². The van der Waals surface area contributed by atoms with Crippen LogP contribution < -0.4 is 4.31 Å². The standard InChI is InChI=1S/C14H19NO5S2/c1-10(16)21-9-13(17)14(18)11-4-2-5-12(8-11)15-6-3-7-22(15,19)20/h2,4-5,8,13-14,17-18H,3,6-7,9H2,1H3. The van der Waals surface area contributed by atoms with Crippen molar-refractivity contribution in [3.63, 3.8) is 0 Å². The fourth-order valence-corrected chi connectivity index (χ4v) is 4.45. The molecule has 0 amide bonds. The van der Waals surface area contributed by atoms with Gasteiger partial charge in [-0.1, -0.05) is 23.9 Å². The molecule has 1 aromatic carbocycles. The van der Waals surface area contributed by atoms with E-state index in [0.29, 0.717) is 24.2 Å². The molecule has 2 rings (SSSR count). The Balaban J connectivity index is 2.16. The number of anilines is 1. The summed E-state index contributed by atoms with van der Waals surface area (Å²) in [6.07, 6.45) is -1.69. The Morgan fingerprint density at radius 1 is 1.41 bits per heavy atom. The van der Waals surface area contributed by atoms with Gasteiger partial charge in [-0.2, -0.15) is 0 Å². The average molecular weight is 345 g/mol. The third kappa shape index (κ3) is 4.01. The molecule has 1 heterocycles. The zero-order valence-electron chi connectivity index (χ0n) is 12.2. The average Bonchev–Trinajstić information content (AvgIpc) is 2.83. The van der Waals surface area contributed by atoms with E-state index >= 15 is 0 Å². The van der Waals surface area contributed by atoms with Crippen molar-refractivity contribution in [2.45, 2.75) is 25.6 Å². The Bertz CT molecular complexity index is 646. The van der Waals surface area contributed by atoms with Gasteiger partial charge in [0, 0.05) is 19.2 Å². The van der Waals surface area contributed by atoms with Gasteiger partial charge in [0.05, 0.1) is 17.5 Å². The number of carbonyl (C=O) groups is 1. The summed E-state index contributed by atoms with van der Waals surface area (Å²) in [5.41, 5.74) is 0.914. The molecule has 0 radical (unpaired) electrons. The van der Waals surface area contributed by atoms with E-state index in [2.05, 4.69) is 0 Å². The van der Waals surface area contributed by atoms with Crippen molar-refractivity contribution in [1.29, 1.82) is 0 Å². The molecule has 1 aliphatic heterocycles. The molecule has 0 aromatic heterocycles. The van der Waals surface area contributed by atoms with Gasteiger partial charge in [-0.25, -0.2) is 8.42 Å². The third-order valence-corrected chi connectivity index (χ3v) is 6.21. The minimum Gasteiger partial charge on any atom is -0.389 e. The third-order valence-electron chi connectivity index (χ3n) is 3.42. The fraction of sp³-hybridized carbons (Fsp3) is 0.500. The molecule has 2 atom stereocenters. The van der Waals surface area contributed by atoms with Crippen molar-refractivity contribution in [3.8, 4) is 0 Å². The van der Waals surface area contributed by atoms with Crippen molar-refractivity contribution in [1.82, 2.24) is 0 Å². The smallest absolute Gasteiger partial charge is 0.235 e. The minimum atomic E-state index is -3.28. The van der Waals surface area contributed by atoms with Crippen molar-refractivity contribution >= 4 is 32.6 Å². The van der Waals surface area contributed by atoms with Crippen LogP contribution in [0.3, 0.4) is 0 Å². The summed E-state index contributed by atoms with van der Waals surface area (Å²) < 4.78 is 25.2. The number of nitrogens with zero attached hydrogens (tertiary/aromatic N) is 1. The topological polar surface area (TPSA) is 94.9 Å². The molecular weight excluding hydrogens is 326 g/mol. The predicted octanol–water partition coefficient (Wildman–Crippen LogP) is 0.901. The first-order valence-electron chi connectivity index (χ1n) is 6.91. The van der Waals surface area contributed by atoms with Gasteiger partial charge in [-0.05, 0) is 24.1 Å². The summed E-state index contributed by atoms with van der Waals surface area (Å²) in [7, 11) is -3.28. The van der Waals surface area contributed by atoms with E-state index in [4.69, 9.17) is 0 Å². The Kier molecular flexibility index (Phi) is 5.49. The minimum absolute atomic E-state index is 0.0861. The lowest BCUT2D eigenvalue weighted by Gasteiger charge is -2.21. The maximum absolute atomic E-state index is 11.9. The van der Waals surface area contributed by atoms with Crippen LogP contribution in [-0.4, -0.2) is 47.9 Å². The number of aliphatic hydroxyl groups excluding tert-OH is 2. The molecule has 1 aliphatic rings. The Hall–Kier alpha value is -1.09. The van der Waals surface area contributed by atoms with Crippen LogP contribution in [0.2, 0.25) is 0 Å². The van der Waals surface area contributed by atoms with Crippen molar-refractivity contribution in [2.24, 2.45) is 0 Å². The van der Waals surface area contributed by atoms with Gasteiger partial charge in [0.1, 0.15) is 6.10 Å². The number of carbonyl (C=O) groups excluding carboxylic acids is 1. The molecule has 0 saturated carbocycles. The van der Waals surface area contributed by atoms with Crippen LogP contribution in [0.25, 0.3) is 0 Å². The van der Waals surface area contributed by atoms with E-state index < -0.39 is 22.2 Å². The second kappa shape index (κ2) is 6.99. The highest BCUT2D eigenvalue weighted by molar-refractivity contribution is 8.13.